The maximum atomic E-state index is 13.3. The molecule has 0 unspecified atom stereocenters. The Kier molecular flexibility index (Phi) is 4.87. The summed E-state index contributed by atoms with van der Waals surface area (Å²) in [4.78, 5) is 12.4. The molecule has 2 nitrogen and oxygen atoms in total. The van der Waals surface area contributed by atoms with E-state index in [1.807, 2.05) is 0 Å². The van der Waals surface area contributed by atoms with Crippen molar-refractivity contribution in [1.82, 2.24) is 0 Å². The van der Waals surface area contributed by atoms with Gasteiger partial charge in [0.15, 0.2) is 0 Å². The fourth-order valence-electron chi connectivity index (χ4n) is 7.13. The predicted molar refractivity (Wildman–Crippen MR) is 100 cm³/mol. The van der Waals surface area contributed by atoms with Gasteiger partial charge in [-0.3, -0.25) is 4.79 Å². The standard InChI is InChI=1S/C21H29BrF2O2/c1-20-8-6-14-13-7-9-21(26,19(23)24)10-12(13)2-3-15(14)16(20)4-5-17(20)18(25)11-22/h2,13-17,19,26H,3-11H2,1H3/t13-,14+,15+,16-,17+,20-,21+/m0/s1. The van der Waals surface area contributed by atoms with Gasteiger partial charge in [-0.1, -0.05) is 34.5 Å². The van der Waals surface area contributed by atoms with E-state index < -0.39 is 12.0 Å². The Hall–Kier alpha value is -0.290. The Bertz CT molecular complexity index is 621. The molecule has 5 heteroatoms. The molecule has 0 amide bonds. The number of alkyl halides is 3. The smallest absolute Gasteiger partial charge is 0.267 e. The molecular weight excluding hydrogens is 402 g/mol. The summed E-state index contributed by atoms with van der Waals surface area (Å²) in [5.74, 6) is 2.58. The van der Waals surface area contributed by atoms with Gasteiger partial charge in [-0.05, 0) is 74.0 Å². The number of carbonyl (C=O) groups is 1. The summed E-state index contributed by atoms with van der Waals surface area (Å²) in [7, 11) is 0. The maximum Gasteiger partial charge on any atom is 0.267 e. The fraction of sp³-hybridized carbons (Fsp3) is 0.857. The second-order valence-electron chi connectivity index (χ2n) is 9.45. The van der Waals surface area contributed by atoms with Crippen molar-refractivity contribution in [2.75, 3.05) is 5.33 Å². The first-order chi connectivity index (χ1) is 12.3. The topological polar surface area (TPSA) is 37.3 Å². The number of Topliss-reactive ketones (excluding diaryl/α,β-unsaturated/α-hetero) is 1. The minimum Gasteiger partial charge on any atom is -0.384 e. The molecule has 146 valence electrons. The highest BCUT2D eigenvalue weighted by Gasteiger charge is 2.58. The Labute approximate surface area is 162 Å². The van der Waals surface area contributed by atoms with Crippen LogP contribution in [-0.2, 0) is 4.79 Å². The zero-order valence-electron chi connectivity index (χ0n) is 15.4. The van der Waals surface area contributed by atoms with E-state index in [2.05, 4.69) is 28.9 Å². The fourth-order valence-corrected chi connectivity index (χ4v) is 7.52. The van der Waals surface area contributed by atoms with Gasteiger partial charge in [0.1, 0.15) is 11.4 Å². The second kappa shape index (κ2) is 6.65. The van der Waals surface area contributed by atoms with E-state index in [0.717, 1.165) is 37.7 Å². The molecule has 26 heavy (non-hydrogen) atoms. The van der Waals surface area contributed by atoms with Gasteiger partial charge in [0.05, 0.1) is 5.33 Å². The molecule has 0 spiro atoms. The maximum absolute atomic E-state index is 13.3. The molecule has 0 aromatic rings. The molecule has 3 fully saturated rings. The number of hydrogen-bond donors (Lipinski definition) is 1. The number of fused-ring (bicyclic) bond motifs is 5. The first kappa shape index (κ1) is 19.0. The van der Waals surface area contributed by atoms with Crippen LogP contribution in [0.25, 0.3) is 0 Å². The van der Waals surface area contributed by atoms with Crippen molar-refractivity contribution in [3.63, 3.8) is 0 Å². The highest BCUT2D eigenvalue weighted by Crippen LogP contribution is 2.63. The summed E-state index contributed by atoms with van der Waals surface area (Å²) >= 11 is 3.36. The summed E-state index contributed by atoms with van der Waals surface area (Å²) in [5, 5.41) is 10.7. The zero-order chi connectivity index (χ0) is 18.7. The van der Waals surface area contributed by atoms with Crippen molar-refractivity contribution < 1.29 is 18.7 Å². The van der Waals surface area contributed by atoms with Gasteiger partial charge in [-0.2, -0.15) is 0 Å². The number of ketones is 1. The van der Waals surface area contributed by atoms with E-state index in [0.29, 0.717) is 41.2 Å². The van der Waals surface area contributed by atoms with E-state index in [1.54, 1.807) is 0 Å². The lowest BCUT2D eigenvalue weighted by atomic mass is 9.51. The molecule has 1 N–H and O–H groups in total. The van der Waals surface area contributed by atoms with Crippen LogP contribution in [0, 0.1) is 35.0 Å². The molecule has 0 bridgehead atoms. The third-order valence-corrected chi connectivity index (χ3v) is 9.02. The van der Waals surface area contributed by atoms with Gasteiger partial charge >= 0.3 is 0 Å². The number of halogens is 3. The van der Waals surface area contributed by atoms with Crippen molar-refractivity contribution in [3.8, 4) is 0 Å². The summed E-state index contributed by atoms with van der Waals surface area (Å²) in [6, 6.07) is 0. The highest BCUT2D eigenvalue weighted by molar-refractivity contribution is 9.09. The summed E-state index contributed by atoms with van der Waals surface area (Å²) < 4.78 is 26.5. The van der Waals surface area contributed by atoms with E-state index >= 15 is 0 Å². The average molecular weight is 431 g/mol. The van der Waals surface area contributed by atoms with Gasteiger partial charge in [0.25, 0.3) is 6.43 Å². The molecule has 0 aromatic carbocycles. The van der Waals surface area contributed by atoms with Gasteiger partial charge in [0.2, 0.25) is 0 Å². The number of carbonyl (C=O) groups excluding carboxylic acids is 1. The Balaban J connectivity index is 1.57. The van der Waals surface area contributed by atoms with E-state index in [-0.39, 0.29) is 24.2 Å². The number of allylic oxidation sites excluding steroid dienone is 1. The van der Waals surface area contributed by atoms with Crippen molar-refractivity contribution >= 4 is 21.7 Å². The number of rotatable bonds is 3. The number of aliphatic hydroxyl groups is 1. The van der Waals surface area contributed by atoms with Gasteiger partial charge in [-0.25, -0.2) is 8.78 Å². The number of hydrogen-bond acceptors (Lipinski definition) is 2. The van der Waals surface area contributed by atoms with Crippen molar-refractivity contribution in [2.45, 2.75) is 70.3 Å². The lowest BCUT2D eigenvalue weighted by molar-refractivity contribution is -0.128. The van der Waals surface area contributed by atoms with Crippen LogP contribution in [0.4, 0.5) is 8.78 Å². The molecular formula is C21H29BrF2O2. The molecule has 0 saturated heterocycles. The van der Waals surface area contributed by atoms with Gasteiger partial charge < -0.3 is 5.11 Å². The first-order valence-electron chi connectivity index (χ1n) is 10.1. The van der Waals surface area contributed by atoms with E-state index in [1.165, 1.54) is 0 Å². The molecule has 3 saturated carbocycles. The van der Waals surface area contributed by atoms with Crippen molar-refractivity contribution in [3.05, 3.63) is 11.6 Å². The van der Waals surface area contributed by atoms with E-state index in [9.17, 15) is 18.7 Å². The lowest BCUT2D eigenvalue weighted by Crippen LogP contribution is -2.50. The molecule has 0 aromatic heterocycles. The molecule has 4 rings (SSSR count). The van der Waals surface area contributed by atoms with Crippen LogP contribution < -0.4 is 0 Å². The van der Waals surface area contributed by atoms with Crippen LogP contribution >= 0.6 is 15.9 Å². The van der Waals surface area contributed by atoms with Crippen LogP contribution in [0.1, 0.15) is 58.3 Å². The molecule has 0 heterocycles. The average Bonchev–Trinajstić information content (AvgIpc) is 2.97. The normalized spacial score (nSPS) is 47.8. The van der Waals surface area contributed by atoms with Gasteiger partial charge in [-0.15, -0.1) is 0 Å². The van der Waals surface area contributed by atoms with E-state index in [4.69, 9.17) is 0 Å². The van der Waals surface area contributed by atoms with Crippen molar-refractivity contribution in [1.29, 1.82) is 0 Å². The van der Waals surface area contributed by atoms with Crippen LogP contribution in [0.3, 0.4) is 0 Å². The lowest BCUT2D eigenvalue weighted by Gasteiger charge is -2.54. The van der Waals surface area contributed by atoms with Crippen LogP contribution in [0.15, 0.2) is 11.6 Å². The summed E-state index contributed by atoms with van der Waals surface area (Å²) in [6.07, 6.45) is 5.77. The first-order valence-corrected chi connectivity index (χ1v) is 11.2. The summed E-state index contributed by atoms with van der Waals surface area (Å²) in [5.41, 5.74) is -0.635. The SMILES string of the molecule is C[C@]12CC[C@H]3[C@@H](CC=C4C[C@@](O)(C(F)F)CC[C@@H]43)[C@@H]1CC[C@@H]2C(=O)CBr. The Morgan fingerprint density at radius 3 is 2.73 bits per heavy atom. The molecule has 0 radical (unpaired) electrons. The van der Waals surface area contributed by atoms with Crippen LogP contribution in [0.5, 0.6) is 0 Å². The monoisotopic (exact) mass is 430 g/mol. The third-order valence-electron chi connectivity index (χ3n) is 8.46. The van der Waals surface area contributed by atoms with Crippen LogP contribution in [0.2, 0.25) is 0 Å². The molecule has 4 aliphatic rings. The molecule has 4 aliphatic carbocycles. The second-order valence-corrected chi connectivity index (χ2v) is 10.0. The van der Waals surface area contributed by atoms with Crippen molar-refractivity contribution in [2.24, 2.45) is 35.0 Å². The highest BCUT2D eigenvalue weighted by atomic mass is 79.9. The zero-order valence-corrected chi connectivity index (χ0v) is 17.0. The minimum atomic E-state index is -2.66. The largest absolute Gasteiger partial charge is 0.384 e. The minimum absolute atomic E-state index is 0.107. The molecule has 0 aliphatic heterocycles. The predicted octanol–water partition coefficient (Wildman–Crippen LogP) is 5.14. The molecule has 7 atom stereocenters. The third kappa shape index (κ3) is 2.75. The Morgan fingerprint density at radius 2 is 2.04 bits per heavy atom. The summed E-state index contributed by atoms with van der Waals surface area (Å²) in [6.45, 7) is 2.32. The quantitative estimate of drug-likeness (QED) is 0.497. The van der Waals surface area contributed by atoms with Crippen LogP contribution in [-0.4, -0.2) is 28.2 Å². The Morgan fingerprint density at radius 1 is 1.27 bits per heavy atom. The van der Waals surface area contributed by atoms with Gasteiger partial charge in [0, 0.05) is 12.3 Å².